The second-order valence-electron chi connectivity index (χ2n) is 6.74. The van der Waals surface area contributed by atoms with Crippen LogP contribution in [0.2, 0.25) is 5.02 Å². The van der Waals surface area contributed by atoms with Crippen LogP contribution in [-0.2, 0) is 11.3 Å². The van der Waals surface area contributed by atoms with Gasteiger partial charge in [0.25, 0.3) is 5.91 Å². The summed E-state index contributed by atoms with van der Waals surface area (Å²) in [5.41, 5.74) is 6.01. The van der Waals surface area contributed by atoms with E-state index in [0.29, 0.717) is 17.1 Å². The highest BCUT2D eigenvalue weighted by atomic mass is 35.5. The lowest BCUT2D eigenvalue weighted by molar-refractivity contribution is -0.118. The van der Waals surface area contributed by atoms with Gasteiger partial charge in [0, 0.05) is 5.02 Å². The summed E-state index contributed by atoms with van der Waals surface area (Å²) in [6.07, 6.45) is 1.48. The lowest BCUT2D eigenvalue weighted by Crippen LogP contribution is -2.20. The van der Waals surface area contributed by atoms with Gasteiger partial charge in [0.15, 0.2) is 5.16 Å². The van der Waals surface area contributed by atoms with Crippen LogP contribution in [0.25, 0.3) is 11.0 Å². The third-order valence-corrected chi connectivity index (χ3v) is 5.86. The number of imidazole rings is 1. The van der Waals surface area contributed by atoms with Gasteiger partial charge in [-0.05, 0) is 41.5 Å². The van der Waals surface area contributed by atoms with Gasteiger partial charge in [0.2, 0.25) is 0 Å². The van der Waals surface area contributed by atoms with Gasteiger partial charge >= 0.3 is 0 Å². The van der Waals surface area contributed by atoms with E-state index >= 15 is 0 Å². The number of benzene rings is 3. The molecule has 0 saturated carbocycles. The molecule has 8 heteroatoms. The molecule has 0 aliphatic rings. The molecule has 0 atom stereocenters. The predicted octanol–water partition coefficient (Wildman–Crippen LogP) is 4.69. The van der Waals surface area contributed by atoms with Crippen LogP contribution >= 0.6 is 23.4 Å². The summed E-state index contributed by atoms with van der Waals surface area (Å²) < 4.78 is 2.06. The zero-order valence-electron chi connectivity index (χ0n) is 16.4. The lowest BCUT2D eigenvalue weighted by Gasteiger charge is -2.10. The minimum absolute atomic E-state index is 0.142. The topological polar surface area (TPSA) is 79.5 Å². The Bertz CT molecular complexity index is 1260. The van der Waals surface area contributed by atoms with Crippen LogP contribution in [0, 0.1) is 0 Å². The van der Waals surface area contributed by atoms with E-state index in [-0.39, 0.29) is 17.4 Å². The molecule has 0 aliphatic carbocycles. The van der Waals surface area contributed by atoms with Gasteiger partial charge in [-0.1, -0.05) is 65.8 Å². The van der Waals surface area contributed by atoms with E-state index in [2.05, 4.69) is 20.1 Å². The molecule has 6 nitrogen and oxygen atoms in total. The molecular formula is C23H19ClN4O2S. The summed E-state index contributed by atoms with van der Waals surface area (Å²) >= 11 is 7.69. The molecule has 1 aromatic heterocycles. The van der Waals surface area contributed by atoms with Gasteiger partial charge in [-0.2, -0.15) is 5.10 Å². The molecule has 3 aromatic carbocycles. The molecule has 0 bridgehead atoms. The largest absolute Gasteiger partial charge is 0.508 e. The number of hydrazone groups is 1. The Balaban J connectivity index is 1.46. The number of carbonyl (C=O) groups excluding carboxylic acids is 1. The molecular weight excluding hydrogens is 432 g/mol. The summed E-state index contributed by atoms with van der Waals surface area (Å²) in [5.74, 6) is 0.0458. The number of aromatic nitrogens is 2. The van der Waals surface area contributed by atoms with Crippen LogP contribution in [-0.4, -0.2) is 32.5 Å². The normalized spacial score (nSPS) is 11.3. The highest BCUT2D eigenvalue weighted by Gasteiger charge is 2.14. The van der Waals surface area contributed by atoms with Gasteiger partial charge < -0.3 is 9.67 Å². The Kier molecular flexibility index (Phi) is 6.54. The van der Waals surface area contributed by atoms with E-state index in [1.54, 1.807) is 24.3 Å². The molecule has 4 rings (SSSR count). The standard InChI is InChI=1S/C23H19ClN4O2S/c24-19-9-2-1-7-17(19)14-28-21-11-4-3-10-20(21)26-23(28)31-15-22(30)27-25-13-16-6-5-8-18(29)12-16/h1-13,29H,14-15H2,(H,27,30). The molecule has 2 N–H and O–H groups in total. The number of para-hydroxylation sites is 2. The minimum atomic E-state index is -0.252. The minimum Gasteiger partial charge on any atom is -0.508 e. The van der Waals surface area contributed by atoms with E-state index in [1.165, 1.54) is 18.0 Å². The molecule has 0 fully saturated rings. The number of amides is 1. The van der Waals surface area contributed by atoms with Crippen LogP contribution < -0.4 is 5.43 Å². The smallest absolute Gasteiger partial charge is 0.250 e. The second-order valence-corrected chi connectivity index (χ2v) is 8.09. The highest BCUT2D eigenvalue weighted by Crippen LogP contribution is 2.27. The maximum absolute atomic E-state index is 12.3. The molecule has 0 radical (unpaired) electrons. The Morgan fingerprint density at radius 1 is 1.13 bits per heavy atom. The Morgan fingerprint density at radius 2 is 1.94 bits per heavy atom. The SMILES string of the molecule is O=C(CSc1nc2ccccc2n1Cc1ccccc1Cl)NN=Cc1cccc(O)c1. The third kappa shape index (κ3) is 5.25. The Morgan fingerprint density at radius 3 is 2.77 bits per heavy atom. The average Bonchev–Trinajstić information content (AvgIpc) is 3.11. The highest BCUT2D eigenvalue weighted by molar-refractivity contribution is 7.99. The number of aromatic hydroxyl groups is 1. The van der Waals surface area contributed by atoms with Crippen molar-refractivity contribution in [2.24, 2.45) is 5.10 Å². The van der Waals surface area contributed by atoms with Crippen molar-refractivity contribution >= 4 is 46.5 Å². The monoisotopic (exact) mass is 450 g/mol. The van der Waals surface area contributed by atoms with Crippen molar-refractivity contribution in [1.29, 1.82) is 0 Å². The van der Waals surface area contributed by atoms with E-state index in [4.69, 9.17) is 11.6 Å². The molecule has 1 amide bonds. The summed E-state index contributed by atoms with van der Waals surface area (Å²) in [7, 11) is 0. The maximum atomic E-state index is 12.3. The summed E-state index contributed by atoms with van der Waals surface area (Å²) in [5, 5.41) is 14.8. The zero-order valence-corrected chi connectivity index (χ0v) is 18.0. The van der Waals surface area contributed by atoms with Crippen LogP contribution in [0.4, 0.5) is 0 Å². The van der Waals surface area contributed by atoms with E-state index in [1.807, 2.05) is 48.5 Å². The van der Waals surface area contributed by atoms with Crippen LogP contribution in [0.1, 0.15) is 11.1 Å². The summed E-state index contributed by atoms with van der Waals surface area (Å²) in [6.45, 7) is 0.555. The van der Waals surface area contributed by atoms with E-state index < -0.39 is 0 Å². The number of fused-ring (bicyclic) bond motifs is 1. The molecule has 0 aliphatic heterocycles. The van der Waals surface area contributed by atoms with Crippen molar-refractivity contribution in [3.63, 3.8) is 0 Å². The first-order valence-corrected chi connectivity index (χ1v) is 10.9. The second kappa shape index (κ2) is 9.68. The fraction of sp³-hybridized carbons (Fsp3) is 0.0870. The summed E-state index contributed by atoms with van der Waals surface area (Å²) in [4.78, 5) is 16.9. The molecule has 0 unspecified atom stereocenters. The van der Waals surface area contributed by atoms with E-state index in [9.17, 15) is 9.90 Å². The first-order chi connectivity index (χ1) is 15.1. The number of halogens is 1. The number of nitrogens with one attached hydrogen (secondary N) is 1. The van der Waals surface area contributed by atoms with Crippen LogP contribution in [0.3, 0.4) is 0 Å². The Hall–Kier alpha value is -3.29. The van der Waals surface area contributed by atoms with Gasteiger partial charge in [0.1, 0.15) is 5.75 Å². The van der Waals surface area contributed by atoms with Crippen molar-refractivity contribution in [2.75, 3.05) is 5.75 Å². The molecule has 31 heavy (non-hydrogen) atoms. The number of phenolic OH excluding ortho intramolecular Hbond substituents is 1. The molecule has 0 saturated heterocycles. The van der Waals surface area contributed by atoms with Crippen molar-refractivity contribution in [3.8, 4) is 5.75 Å². The molecule has 1 heterocycles. The van der Waals surface area contributed by atoms with Crippen LogP contribution in [0.5, 0.6) is 5.75 Å². The van der Waals surface area contributed by atoms with Crippen molar-refractivity contribution in [2.45, 2.75) is 11.7 Å². The van der Waals surface area contributed by atoms with Gasteiger partial charge in [0.05, 0.1) is 29.5 Å². The first kappa shape index (κ1) is 21.0. The number of nitrogens with zero attached hydrogens (tertiary/aromatic N) is 3. The summed E-state index contributed by atoms with van der Waals surface area (Å²) in [6, 6.07) is 22.2. The van der Waals surface area contributed by atoms with Gasteiger partial charge in [-0.3, -0.25) is 4.79 Å². The molecule has 4 aromatic rings. The average molecular weight is 451 g/mol. The van der Waals surface area contributed by atoms with Crippen molar-refractivity contribution in [3.05, 3.63) is 88.9 Å². The Labute approximate surface area is 188 Å². The number of carbonyl (C=O) groups is 1. The predicted molar refractivity (Wildman–Crippen MR) is 125 cm³/mol. The lowest BCUT2D eigenvalue weighted by atomic mass is 10.2. The van der Waals surface area contributed by atoms with Gasteiger partial charge in [-0.15, -0.1) is 0 Å². The number of thioether (sulfide) groups is 1. The van der Waals surface area contributed by atoms with E-state index in [0.717, 1.165) is 21.8 Å². The number of hydrogen-bond acceptors (Lipinski definition) is 5. The first-order valence-electron chi connectivity index (χ1n) is 9.52. The zero-order chi connectivity index (χ0) is 21.6. The quantitative estimate of drug-likeness (QED) is 0.243. The number of phenols is 1. The maximum Gasteiger partial charge on any atom is 0.250 e. The number of hydrogen-bond donors (Lipinski definition) is 2. The third-order valence-electron chi connectivity index (χ3n) is 4.51. The fourth-order valence-corrected chi connectivity index (χ4v) is 4.06. The number of rotatable bonds is 7. The fourth-order valence-electron chi connectivity index (χ4n) is 3.06. The van der Waals surface area contributed by atoms with Crippen molar-refractivity contribution < 1.29 is 9.90 Å². The van der Waals surface area contributed by atoms with Crippen molar-refractivity contribution in [1.82, 2.24) is 15.0 Å². The molecule has 0 spiro atoms. The van der Waals surface area contributed by atoms with Crippen LogP contribution in [0.15, 0.2) is 83.1 Å². The molecule has 156 valence electrons. The van der Waals surface area contributed by atoms with Gasteiger partial charge in [-0.25, -0.2) is 10.4 Å².